The molecule has 0 aromatic carbocycles. The van der Waals surface area contributed by atoms with E-state index in [1.807, 2.05) is 0 Å². The Bertz CT molecular complexity index is 390. The number of aryl methyl sites for hydroxylation is 1. The first-order valence-electron chi connectivity index (χ1n) is 5.17. The molecule has 0 saturated heterocycles. The fourth-order valence-electron chi connectivity index (χ4n) is 1.17. The van der Waals surface area contributed by atoms with E-state index in [1.54, 1.807) is 6.20 Å². The van der Waals surface area contributed by atoms with Gasteiger partial charge in [0.2, 0.25) is 5.91 Å². The first-order chi connectivity index (χ1) is 8.15. The fraction of sp³-hybridized carbons (Fsp3) is 0.556. The lowest BCUT2D eigenvalue weighted by atomic mass is 10.3. The standard InChI is InChI=1S/C9H15N5O3/c1-10-9(17)11-8(16)6-14-5-7(12-13-14)3-2-4-15/h5,15H,2-4,6H2,1H3,(H2,10,11,16,17). The number of aromatic nitrogens is 3. The molecule has 0 atom stereocenters. The van der Waals surface area contributed by atoms with Crippen LogP contribution in [0.2, 0.25) is 0 Å². The van der Waals surface area contributed by atoms with Crippen molar-refractivity contribution in [3.05, 3.63) is 11.9 Å². The average molecular weight is 241 g/mol. The topological polar surface area (TPSA) is 109 Å². The van der Waals surface area contributed by atoms with Gasteiger partial charge >= 0.3 is 6.03 Å². The van der Waals surface area contributed by atoms with Crippen LogP contribution >= 0.6 is 0 Å². The van der Waals surface area contributed by atoms with Crippen LogP contribution in [0.25, 0.3) is 0 Å². The zero-order chi connectivity index (χ0) is 12.7. The number of nitrogens with one attached hydrogen (secondary N) is 2. The Morgan fingerprint density at radius 3 is 2.94 bits per heavy atom. The summed E-state index contributed by atoms with van der Waals surface area (Å²) in [6, 6.07) is -0.560. The maximum absolute atomic E-state index is 11.3. The van der Waals surface area contributed by atoms with E-state index in [0.29, 0.717) is 18.5 Å². The molecule has 0 fully saturated rings. The third kappa shape index (κ3) is 4.60. The lowest BCUT2D eigenvalue weighted by molar-refractivity contribution is -0.120. The lowest BCUT2D eigenvalue weighted by Crippen LogP contribution is -2.39. The highest BCUT2D eigenvalue weighted by atomic mass is 16.3. The van der Waals surface area contributed by atoms with Crippen molar-refractivity contribution in [1.82, 2.24) is 25.6 Å². The summed E-state index contributed by atoms with van der Waals surface area (Å²) in [5.41, 5.74) is 0.701. The molecule has 0 saturated carbocycles. The van der Waals surface area contributed by atoms with Crippen molar-refractivity contribution in [3.63, 3.8) is 0 Å². The maximum atomic E-state index is 11.3. The predicted molar refractivity (Wildman–Crippen MR) is 58.0 cm³/mol. The van der Waals surface area contributed by atoms with Crippen LogP contribution in [0.3, 0.4) is 0 Å². The van der Waals surface area contributed by atoms with Crippen LogP contribution in [0.15, 0.2) is 6.20 Å². The van der Waals surface area contributed by atoms with Crippen molar-refractivity contribution < 1.29 is 14.7 Å². The summed E-state index contributed by atoms with van der Waals surface area (Å²) in [4.78, 5) is 22.1. The minimum atomic E-state index is -0.560. The van der Waals surface area contributed by atoms with Crippen molar-refractivity contribution >= 4 is 11.9 Å². The average Bonchev–Trinajstić information content (AvgIpc) is 2.73. The largest absolute Gasteiger partial charge is 0.396 e. The molecule has 1 heterocycles. The number of carbonyl (C=O) groups is 2. The number of rotatable bonds is 5. The number of aliphatic hydroxyl groups is 1. The minimum absolute atomic E-state index is 0.0699. The van der Waals surface area contributed by atoms with E-state index in [1.165, 1.54) is 11.7 Å². The summed E-state index contributed by atoms with van der Waals surface area (Å²) < 4.78 is 1.34. The third-order valence-electron chi connectivity index (χ3n) is 1.96. The van der Waals surface area contributed by atoms with Gasteiger partial charge in [-0.15, -0.1) is 5.10 Å². The summed E-state index contributed by atoms with van der Waals surface area (Å²) in [6.45, 7) is 0.0174. The van der Waals surface area contributed by atoms with Gasteiger partial charge in [0.1, 0.15) is 6.54 Å². The van der Waals surface area contributed by atoms with Gasteiger partial charge in [-0.05, 0) is 12.8 Å². The van der Waals surface area contributed by atoms with Gasteiger partial charge in [0.15, 0.2) is 0 Å². The van der Waals surface area contributed by atoms with Crippen LogP contribution in [0.1, 0.15) is 12.1 Å². The first-order valence-corrected chi connectivity index (χ1v) is 5.17. The zero-order valence-corrected chi connectivity index (χ0v) is 9.51. The van der Waals surface area contributed by atoms with Gasteiger partial charge < -0.3 is 10.4 Å². The number of amides is 3. The molecule has 1 aromatic rings. The molecule has 0 aliphatic rings. The number of hydrogen-bond acceptors (Lipinski definition) is 5. The molecule has 3 N–H and O–H groups in total. The molecule has 0 radical (unpaired) electrons. The summed E-state index contributed by atoms with van der Waals surface area (Å²) in [7, 11) is 1.42. The first kappa shape index (κ1) is 13.1. The van der Waals surface area contributed by atoms with Crippen molar-refractivity contribution in [2.45, 2.75) is 19.4 Å². The van der Waals surface area contributed by atoms with E-state index >= 15 is 0 Å². The van der Waals surface area contributed by atoms with Gasteiger partial charge in [0.25, 0.3) is 0 Å². The number of aliphatic hydroxyl groups excluding tert-OH is 1. The number of imide groups is 1. The quantitative estimate of drug-likeness (QED) is 0.591. The van der Waals surface area contributed by atoms with Crippen LogP contribution in [-0.2, 0) is 17.8 Å². The molecule has 3 amide bonds. The van der Waals surface area contributed by atoms with E-state index in [-0.39, 0.29) is 13.2 Å². The van der Waals surface area contributed by atoms with E-state index in [4.69, 9.17) is 5.11 Å². The number of hydrogen-bond donors (Lipinski definition) is 3. The second-order valence-electron chi connectivity index (χ2n) is 3.36. The van der Waals surface area contributed by atoms with Gasteiger partial charge in [0.05, 0.1) is 5.69 Å². The van der Waals surface area contributed by atoms with Gasteiger partial charge in [-0.2, -0.15) is 0 Å². The van der Waals surface area contributed by atoms with E-state index in [2.05, 4.69) is 20.9 Å². The van der Waals surface area contributed by atoms with Crippen LogP contribution in [0, 0.1) is 0 Å². The van der Waals surface area contributed by atoms with Crippen LogP contribution in [-0.4, -0.2) is 45.7 Å². The zero-order valence-electron chi connectivity index (χ0n) is 9.51. The Morgan fingerprint density at radius 1 is 1.53 bits per heavy atom. The maximum Gasteiger partial charge on any atom is 0.321 e. The molecule has 0 spiro atoms. The highest BCUT2D eigenvalue weighted by Gasteiger charge is 2.08. The SMILES string of the molecule is CNC(=O)NC(=O)Cn1cc(CCCO)nn1. The molecule has 1 aromatic heterocycles. The molecule has 8 nitrogen and oxygen atoms in total. The molecule has 17 heavy (non-hydrogen) atoms. The summed E-state index contributed by atoms with van der Waals surface area (Å²) in [6.07, 6.45) is 2.82. The van der Waals surface area contributed by atoms with Crippen molar-refractivity contribution in [1.29, 1.82) is 0 Å². The van der Waals surface area contributed by atoms with Crippen molar-refractivity contribution in [3.8, 4) is 0 Å². The van der Waals surface area contributed by atoms with Crippen LogP contribution in [0.5, 0.6) is 0 Å². The van der Waals surface area contributed by atoms with E-state index in [0.717, 1.165) is 0 Å². The van der Waals surface area contributed by atoms with E-state index < -0.39 is 11.9 Å². The van der Waals surface area contributed by atoms with E-state index in [9.17, 15) is 9.59 Å². The third-order valence-corrected chi connectivity index (χ3v) is 1.96. The molecule has 0 aliphatic carbocycles. The van der Waals surface area contributed by atoms with Gasteiger partial charge in [-0.1, -0.05) is 5.21 Å². The Kier molecular flexibility index (Phi) is 5.08. The molecule has 8 heteroatoms. The second kappa shape index (κ2) is 6.59. The predicted octanol–water partition coefficient (Wildman–Crippen LogP) is -1.34. The Morgan fingerprint density at radius 2 is 2.29 bits per heavy atom. The van der Waals surface area contributed by atoms with Crippen molar-refractivity contribution in [2.75, 3.05) is 13.7 Å². The van der Waals surface area contributed by atoms with Gasteiger partial charge in [-0.3, -0.25) is 10.1 Å². The second-order valence-corrected chi connectivity index (χ2v) is 3.36. The Balaban J connectivity index is 2.43. The van der Waals surface area contributed by atoms with Crippen LogP contribution in [0.4, 0.5) is 4.79 Å². The van der Waals surface area contributed by atoms with Crippen LogP contribution < -0.4 is 10.6 Å². The molecule has 1 rings (SSSR count). The summed E-state index contributed by atoms with van der Waals surface area (Å²) >= 11 is 0. The number of nitrogens with zero attached hydrogens (tertiary/aromatic N) is 3. The monoisotopic (exact) mass is 241 g/mol. The molecular weight excluding hydrogens is 226 g/mol. The lowest BCUT2D eigenvalue weighted by Gasteiger charge is -2.02. The minimum Gasteiger partial charge on any atom is -0.396 e. The molecule has 0 unspecified atom stereocenters. The Hall–Kier alpha value is -1.96. The van der Waals surface area contributed by atoms with Gasteiger partial charge in [0, 0.05) is 19.9 Å². The normalized spacial score (nSPS) is 10.0. The molecule has 94 valence electrons. The molecular formula is C9H15N5O3. The molecule has 0 aliphatic heterocycles. The highest BCUT2D eigenvalue weighted by molar-refractivity contribution is 5.93. The summed E-state index contributed by atoms with van der Waals surface area (Å²) in [5.74, 6) is -0.469. The highest BCUT2D eigenvalue weighted by Crippen LogP contribution is 1.97. The fourth-order valence-corrected chi connectivity index (χ4v) is 1.17. The summed E-state index contributed by atoms with van der Waals surface area (Å²) in [5, 5.41) is 20.6. The Labute approximate surface area is 98.0 Å². The number of carbonyl (C=O) groups excluding carboxylic acids is 2. The number of urea groups is 1. The molecule has 0 bridgehead atoms. The smallest absolute Gasteiger partial charge is 0.321 e. The van der Waals surface area contributed by atoms with Crippen molar-refractivity contribution in [2.24, 2.45) is 0 Å². The van der Waals surface area contributed by atoms with Gasteiger partial charge in [-0.25, -0.2) is 9.48 Å².